The Kier molecular flexibility index (Phi) is 4.24. The Morgan fingerprint density at radius 1 is 1.41 bits per heavy atom. The van der Waals surface area contributed by atoms with Crippen molar-refractivity contribution in [2.24, 2.45) is 0 Å². The molecule has 0 saturated carbocycles. The van der Waals surface area contributed by atoms with Crippen LogP contribution in [0.2, 0.25) is 0 Å². The molecule has 2 heterocycles. The number of rotatable bonds is 4. The SMILES string of the molecule is O=C(NCC1CCCN1)c1cc(N2CCNC2=O)ccc1F. The molecule has 6 nitrogen and oxygen atoms in total. The molecule has 22 heavy (non-hydrogen) atoms. The van der Waals surface area contributed by atoms with E-state index < -0.39 is 11.7 Å². The molecule has 1 unspecified atom stereocenters. The maximum absolute atomic E-state index is 13.9. The Bertz CT molecular complexity index is 587. The summed E-state index contributed by atoms with van der Waals surface area (Å²) in [4.78, 5) is 25.3. The van der Waals surface area contributed by atoms with E-state index in [0.29, 0.717) is 25.3 Å². The molecule has 0 spiro atoms. The molecule has 3 amide bonds. The lowest BCUT2D eigenvalue weighted by atomic mass is 10.1. The van der Waals surface area contributed by atoms with Crippen molar-refractivity contribution in [1.29, 1.82) is 0 Å². The molecule has 1 atom stereocenters. The zero-order valence-corrected chi connectivity index (χ0v) is 12.2. The van der Waals surface area contributed by atoms with E-state index in [4.69, 9.17) is 0 Å². The Hall–Kier alpha value is -2.15. The molecule has 3 N–H and O–H groups in total. The normalized spacial score (nSPS) is 21.0. The first-order valence-electron chi connectivity index (χ1n) is 7.51. The standard InChI is InChI=1S/C15H19FN4O2/c16-13-4-3-11(20-7-6-18-15(20)22)8-12(13)14(21)19-9-10-2-1-5-17-10/h3-4,8,10,17H,1-2,5-7,9H2,(H,18,22)(H,19,21). The topological polar surface area (TPSA) is 73.5 Å². The third-order valence-electron chi connectivity index (χ3n) is 4.03. The average Bonchev–Trinajstić information content (AvgIpc) is 3.17. The van der Waals surface area contributed by atoms with Gasteiger partial charge in [0.2, 0.25) is 0 Å². The molecule has 1 aromatic rings. The largest absolute Gasteiger partial charge is 0.350 e. The van der Waals surface area contributed by atoms with Gasteiger partial charge in [-0.1, -0.05) is 0 Å². The number of benzene rings is 1. The van der Waals surface area contributed by atoms with Gasteiger partial charge in [0.15, 0.2) is 0 Å². The number of carbonyl (C=O) groups is 2. The molecule has 2 aliphatic rings. The van der Waals surface area contributed by atoms with Gasteiger partial charge in [0.1, 0.15) is 5.82 Å². The van der Waals surface area contributed by atoms with Crippen molar-refractivity contribution in [3.8, 4) is 0 Å². The van der Waals surface area contributed by atoms with Gasteiger partial charge in [-0.25, -0.2) is 9.18 Å². The van der Waals surface area contributed by atoms with Crippen molar-refractivity contribution in [2.45, 2.75) is 18.9 Å². The van der Waals surface area contributed by atoms with Gasteiger partial charge >= 0.3 is 6.03 Å². The van der Waals surface area contributed by atoms with E-state index in [1.807, 2.05) is 0 Å². The molecule has 1 aromatic carbocycles. The fourth-order valence-electron chi connectivity index (χ4n) is 2.82. The number of urea groups is 1. The molecular weight excluding hydrogens is 287 g/mol. The van der Waals surface area contributed by atoms with Crippen LogP contribution >= 0.6 is 0 Å². The van der Waals surface area contributed by atoms with Gasteiger partial charge in [-0.3, -0.25) is 9.69 Å². The zero-order valence-electron chi connectivity index (χ0n) is 12.2. The van der Waals surface area contributed by atoms with Gasteiger partial charge in [0, 0.05) is 31.4 Å². The molecule has 7 heteroatoms. The molecule has 0 radical (unpaired) electrons. The Morgan fingerprint density at radius 2 is 2.27 bits per heavy atom. The maximum atomic E-state index is 13.9. The Balaban J connectivity index is 1.71. The minimum absolute atomic E-state index is 0.0322. The van der Waals surface area contributed by atoms with Gasteiger partial charge in [0.05, 0.1) is 5.56 Å². The zero-order chi connectivity index (χ0) is 15.5. The van der Waals surface area contributed by atoms with Gasteiger partial charge in [-0.05, 0) is 37.6 Å². The second-order valence-corrected chi connectivity index (χ2v) is 5.55. The van der Waals surface area contributed by atoms with E-state index in [1.54, 1.807) is 0 Å². The van der Waals surface area contributed by atoms with Crippen molar-refractivity contribution in [3.05, 3.63) is 29.6 Å². The fourth-order valence-corrected chi connectivity index (χ4v) is 2.82. The molecule has 0 bridgehead atoms. The molecule has 0 aromatic heterocycles. The fraction of sp³-hybridized carbons (Fsp3) is 0.467. The van der Waals surface area contributed by atoms with Crippen molar-refractivity contribution >= 4 is 17.6 Å². The van der Waals surface area contributed by atoms with Crippen LogP contribution in [0.25, 0.3) is 0 Å². The van der Waals surface area contributed by atoms with Crippen molar-refractivity contribution < 1.29 is 14.0 Å². The summed E-state index contributed by atoms with van der Waals surface area (Å²) in [5.74, 6) is -1.03. The molecule has 118 valence electrons. The van der Waals surface area contributed by atoms with Crippen LogP contribution in [-0.4, -0.2) is 44.2 Å². The number of carbonyl (C=O) groups excluding carboxylic acids is 2. The third kappa shape index (κ3) is 3.04. The molecule has 0 aliphatic carbocycles. The average molecular weight is 306 g/mol. The highest BCUT2D eigenvalue weighted by Crippen LogP contribution is 2.20. The summed E-state index contributed by atoms with van der Waals surface area (Å²) >= 11 is 0. The van der Waals surface area contributed by atoms with Crippen molar-refractivity contribution in [3.63, 3.8) is 0 Å². The smallest absolute Gasteiger partial charge is 0.321 e. The predicted molar refractivity (Wildman–Crippen MR) is 80.5 cm³/mol. The Labute approximate surface area is 128 Å². The predicted octanol–water partition coefficient (Wildman–Crippen LogP) is 0.837. The minimum atomic E-state index is -0.583. The van der Waals surface area contributed by atoms with E-state index in [0.717, 1.165) is 19.4 Å². The lowest BCUT2D eigenvalue weighted by Gasteiger charge is -2.16. The molecule has 2 saturated heterocycles. The second kappa shape index (κ2) is 6.31. The monoisotopic (exact) mass is 306 g/mol. The van der Waals surface area contributed by atoms with Crippen LogP contribution in [0.5, 0.6) is 0 Å². The lowest BCUT2D eigenvalue weighted by molar-refractivity contribution is 0.0946. The number of amides is 3. The van der Waals surface area contributed by atoms with Gasteiger partial charge in [0.25, 0.3) is 5.91 Å². The summed E-state index contributed by atoms with van der Waals surface area (Å²) in [6, 6.07) is 4.18. The molecular formula is C15H19FN4O2. The van der Waals surface area contributed by atoms with Crippen LogP contribution in [0.15, 0.2) is 18.2 Å². The molecule has 3 rings (SSSR count). The first-order valence-corrected chi connectivity index (χ1v) is 7.51. The highest BCUT2D eigenvalue weighted by molar-refractivity contribution is 5.98. The van der Waals surface area contributed by atoms with Crippen LogP contribution < -0.4 is 20.9 Å². The van der Waals surface area contributed by atoms with Crippen molar-refractivity contribution in [2.75, 3.05) is 31.1 Å². The molecule has 2 aliphatic heterocycles. The van der Waals surface area contributed by atoms with Gasteiger partial charge < -0.3 is 16.0 Å². The summed E-state index contributed by atoms with van der Waals surface area (Å²) in [6.45, 7) is 2.49. The highest BCUT2D eigenvalue weighted by Gasteiger charge is 2.23. The Morgan fingerprint density at radius 3 is 2.95 bits per heavy atom. The van der Waals surface area contributed by atoms with Crippen molar-refractivity contribution in [1.82, 2.24) is 16.0 Å². The van der Waals surface area contributed by atoms with E-state index in [2.05, 4.69) is 16.0 Å². The van der Waals surface area contributed by atoms with Crippen LogP contribution in [0.3, 0.4) is 0 Å². The van der Waals surface area contributed by atoms with Gasteiger partial charge in [-0.15, -0.1) is 0 Å². The van der Waals surface area contributed by atoms with E-state index in [-0.39, 0.29) is 17.6 Å². The summed E-state index contributed by atoms with van der Waals surface area (Å²) in [5.41, 5.74) is 0.496. The number of nitrogens with one attached hydrogen (secondary N) is 3. The number of hydrogen-bond acceptors (Lipinski definition) is 3. The minimum Gasteiger partial charge on any atom is -0.350 e. The lowest BCUT2D eigenvalue weighted by Crippen LogP contribution is -2.37. The second-order valence-electron chi connectivity index (χ2n) is 5.55. The summed E-state index contributed by atoms with van der Waals surface area (Å²) in [6.07, 6.45) is 2.10. The highest BCUT2D eigenvalue weighted by atomic mass is 19.1. The van der Waals surface area contributed by atoms with Crippen LogP contribution in [0.4, 0.5) is 14.9 Å². The van der Waals surface area contributed by atoms with Crippen LogP contribution in [0, 0.1) is 5.82 Å². The summed E-state index contributed by atoms with van der Waals surface area (Å²) in [7, 11) is 0. The number of halogens is 1. The first-order chi connectivity index (χ1) is 10.6. The van der Waals surface area contributed by atoms with E-state index in [9.17, 15) is 14.0 Å². The van der Waals surface area contributed by atoms with E-state index >= 15 is 0 Å². The number of anilines is 1. The quantitative estimate of drug-likeness (QED) is 0.772. The first kappa shape index (κ1) is 14.8. The summed E-state index contributed by atoms with van der Waals surface area (Å²) in [5, 5.41) is 8.70. The number of nitrogens with zero attached hydrogens (tertiary/aromatic N) is 1. The van der Waals surface area contributed by atoms with E-state index in [1.165, 1.54) is 23.1 Å². The molecule has 2 fully saturated rings. The van der Waals surface area contributed by atoms with Gasteiger partial charge in [-0.2, -0.15) is 0 Å². The maximum Gasteiger partial charge on any atom is 0.321 e. The number of hydrogen-bond donors (Lipinski definition) is 3. The van der Waals surface area contributed by atoms with Crippen LogP contribution in [-0.2, 0) is 0 Å². The summed E-state index contributed by atoms with van der Waals surface area (Å²) < 4.78 is 13.9. The third-order valence-corrected chi connectivity index (χ3v) is 4.03. The van der Waals surface area contributed by atoms with Crippen LogP contribution in [0.1, 0.15) is 23.2 Å².